The van der Waals surface area contributed by atoms with Crippen molar-refractivity contribution >= 4 is 17.3 Å². The molecule has 3 rings (SSSR count). The molecular weight excluding hydrogens is 336 g/mol. The van der Waals surface area contributed by atoms with E-state index in [-0.39, 0.29) is 12.8 Å². The Morgan fingerprint density at radius 2 is 1.92 bits per heavy atom. The van der Waals surface area contributed by atoms with E-state index in [4.69, 9.17) is 26.4 Å². The zero-order valence-electron chi connectivity index (χ0n) is 14.4. The Morgan fingerprint density at radius 1 is 1.16 bits per heavy atom. The van der Waals surface area contributed by atoms with Crippen molar-refractivity contribution in [2.24, 2.45) is 0 Å². The Balaban J connectivity index is 1.55. The Bertz CT molecular complexity index is 734. The molecule has 0 aromatic heterocycles. The second kappa shape index (κ2) is 8.07. The van der Waals surface area contributed by atoms with Gasteiger partial charge < -0.3 is 24.8 Å². The van der Waals surface area contributed by atoms with E-state index >= 15 is 0 Å². The number of fused-ring (bicyclic) bond motifs is 1. The smallest absolute Gasteiger partial charge is 0.231 e. The Labute approximate surface area is 153 Å². The molecule has 0 amide bonds. The van der Waals surface area contributed by atoms with Crippen LogP contribution in [0, 0.1) is 0 Å². The molecule has 0 saturated heterocycles. The van der Waals surface area contributed by atoms with Crippen LogP contribution < -0.4 is 24.8 Å². The zero-order valence-corrected chi connectivity index (χ0v) is 15.2. The van der Waals surface area contributed by atoms with Crippen molar-refractivity contribution in [3.05, 3.63) is 53.6 Å². The molecule has 0 fully saturated rings. The SMILES string of the molecule is CC[C@@H](NC(=S)NCc1ccc2c(c1)OCO2)c1ccc(OC)cc1. The minimum absolute atomic E-state index is 0.155. The van der Waals surface area contributed by atoms with Gasteiger partial charge >= 0.3 is 0 Å². The first-order valence-corrected chi connectivity index (χ1v) is 8.67. The van der Waals surface area contributed by atoms with E-state index < -0.39 is 0 Å². The molecule has 6 heteroatoms. The Hall–Kier alpha value is -2.47. The van der Waals surface area contributed by atoms with Gasteiger partial charge in [0.2, 0.25) is 6.79 Å². The molecule has 25 heavy (non-hydrogen) atoms. The molecule has 0 unspecified atom stereocenters. The van der Waals surface area contributed by atoms with Crippen molar-refractivity contribution in [3.8, 4) is 17.2 Å². The molecule has 0 radical (unpaired) electrons. The van der Waals surface area contributed by atoms with Crippen LogP contribution in [0.15, 0.2) is 42.5 Å². The number of hydrogen-bond donors (Lipinski definition) is 2. The molecule has 0 aliphatic carbocycles. The fourth-order valence-electron chi connectivity index (χ4n) is 2.70. The van der Waals surface area contributed by atoms with E-state index in [1.807, 2.05) is 30.3 Å². The predicted octanol–water partition coefficient (Wildman–Crippen LogP) is 3.54. The predicted molar refractivity (Wildman–Crippen MR) is 101 cm³/mol. The number of hydrogen-bond acceptors (Lipinski definition) is 4. The summed E-state index contributed by atoms with van der Waals surface area (Å²) in [7, 11) is 1.67. The molecule has 1 heterocycles. The maximum atomic E-state index is 5.44. The topological polar surface area (TPSA) is 51.8 Å². The molecule has 1 atom stereocenters. The van der Waals surface area contributed by atoms with Gasteiger partial charge in [-0.05, 0) is 54.0 Å². The fourth-order valence-corrected chi connectivity index (χ4v) is 2.91. The molecule has 0 bridgehead atoms. The van der Waals surface area contributed by atoms with E-state index in [1.165, 1.54) is 5.56 Å². The van der Waals surface area contributed by atoms with Crippen LogP contribution in [0.25, 0.3) is 0 Å². The van der Waals surface area contributed by atoms with Crippen molar-refractivity contribution in [2.45, 2.75) is 25.9 Å². The third-order valence-corrected chi connectivity index (χ3v) is 4.38. The van der Waals surface area contributed by atoms with Gasteiger partial charge in [0.05, 0.1) is 13.2 Å². The summed E-state index contributed by atoms with van der Waals surface area (Å²) in [6, 6.07) is 14.1. The van der Waals surface area contributed by atoms with Crippen LogP contribution in [-0.2, 0) is 6.54 Å². The summed E-state index contributed by atoms with van der Waals surface area (Å²) >= 11 is 5.44. The lowest BCUT2D eigenvalue weighted by Gasteiger charge is -2.20. The highest BCUT2D eigenvalue weighted by Gasteiger charge is 2.14. The van der Waals surface area contributed by atoms with Gasteiger partial charge in [-0.2, -0.15) is 0 Å². The number of rotatable bonds is 6. The number of methoxy groups -OCH3 is 1. The van der Waals surface area contributed by atoms with Gasteiger partial charge in [0, 0.05) is 6.54 Å². The van der Waals surface area contributed by atoms with E-state index in [9.17, 15) is 0 Å². The molecule has 132 valence electrons. The first kappa shape index (κ1) is 17.4. The first-order valence-electron chi connectivity index (χ1n) is 8.26. The lowest BCUT2D eigenvalue weighted by molar-refractivity contribution is 0.174. The number of benzene rings is 2. The lowest BCUT2D eigenvalue weighted by Crippen LogP contribution is -2.37. The van der Waals surface area contributed by atoms with Crippen molar-refractivity contribution in [3.63, 3.8) is 0 Å². The summed E-state index contributed by atoms with van der Waals surface area (Å²) in [6.45, 7) is 3.04. The minimum Gasteiger partial charge on any atom is -0.497 e. The Morgan fingerprint density at radius 3 is 2.64 bits per heavy atom. The Kier molecular flexibility index (Phi) is 5.60. The number of nitrogens with one attached hydrogen (secondary N) is 2. The average Bonchev–Trinajstić information content (AvgIpc) is 3.12. The lowest BCUT2D eigenvalue weighted by atomic mass is 10.0. The van der Waals surface area contributed by atoms with E-state index in [0.717, 1.165) is 29.2 Å². The van der Waals surface area contributed by atoms with Gasteiger partial charge in [0.25, 0.3) is 0 Å². The van der Waals surface area contributed by atoms with Crippen LogP contribution in [0.2, 0.25) is 0 Å². The highest BCUT2D eigenvalue weighted by molar-refractivity contribution is 7.80. The first-order chi connectivity index (χ1) is 12.2. The minimum atomic E-state index is 0.155. The summed E-state index contributed by atoms with van der Waals surface area (Å²) in [5.41, 5.74) is 2.27. The normalized spacial score (nSPS) is 13.2. The van der Waals surface area contributed by atoms with Crippen LogP contribution >= 0.6 is 12.2 Å². The molecule has 2 aromatic carbocycles. The van der Waals surface area contributed by atoms with E-state index in [1.54, 1.807) is 7.11 Å². The van der Waals surface area contributed by atoms with Crippen molar-refractivity contribution in [1.29, 1.82) is 0 Å². The second-order valence-electron chi connectivity index (χ2n) is 5.75. The average molecular weight is 358 g/mol. The van der Waals surface area contributed by atoms with Crippen molar-refractivity contribution in [1.82, 2.24) is 10.6 Å². The summed E-state index contributed by atoms with van der Waals surface area (Å²) < 4.78 is 15.9. The summed E-state index contributed by atoms with van der Waals surface area (Å²) in [5, 5.41) is 7.24. The molecular formula is C19H22N2O3S. The highest BCUT2D eigenvalue weighted by atomic mass is 32.1. The summed E-state index contributed by atoms with van der Waals surface area (Å²) in [4.78, 5) is 0. The monoisotopic (exact) mass is 358 g/mol. The van der Waals surface area contributed by atoms with Crippen LogP contribution in [0.1, 0.15) is 30.5 Å². The summed E-state index contributed by atoms with van der Waals surface area (Å²) in [6.07, 6.45) is 0.929. The van der Waals surface area contributed by atoms with Crippen LogP contribution in [0.4, 0.5) is 0 Å². The van der Waals surface area contributed by atoms with Gasteiger partial charge in [0.1, 0.15) is 5.75 Å². The summed E-state index contributed by atoms with van der Waals surface area (Å²) in [5.74, 6) is 2.42. The van der Waals surface area contributed by atoms with Crippen LogP contribution in [0.5, 0.6) is 17.2 Å². The van der Waals surface area contributed by atoms with Crippen LogP contribution in [-0.4, -0.2) is 19.0 Å². The van der Waals surface area contributed by atoms with Gasteiger partial charge in [0.15, 0.2) is 16.6 Å². The third kappa shape index (κ3) is 4.33. The molecule has 0 saturated carbocycles. The molecule has 5 nitrogen and oxygen atoms in total. The van der Waals surface area contributed by atoms with Gasteiger partial charge in [-0.3, -0.25) is 0 Å². The maximum Gasteiger partial charge on any atom is 0.231 e. The van der Waals surface area contributed by atoms with Crippen LogP contribution in [0.3, 0.4) is 0 Å². The molecule has 0 spiro atoms. The quantitative estimate of drug-likeness (QED) is 0.771. The fraction of sp³-hybridized carbons (Fsp3) is 0.316. The van der Waals surface area contributed by atoms with Gasteiger partial charge in [-0.15, -0.1) is 0 Å². The third-order valence-electron chi connectivity index (χ3n) is 4.12. The maximum absolute atomic E-state index is 5.44. The van der Waals surface area contributed by atoms with E-state index in [0.29, 0.717) is 11.7 Å². The number of thiocarbonyl (C=S) groups is 1. The number of ether oxygens (including phenoxy) is 3. The molecule has 2 aromatic rings. The van der Waals surface area contributed by atoms with Gasteiger partial charge in [-0.1, -0.05) is 25.1 Å². The largest absolute Gasteiger partial charge is 0.497 e. The second-order valence-corrected chi connectivity index (χ2v) is 6.16. The molecule has 1 aliphatic rings. The molecule has 2 N–H and O–H groups in total. The van der Waals surface area contributed by atoms with E-state index in [2.05, 4.69) is 29.7 Å². The zero-order chi connectivity index (χ0) is 17.6. The van der Waals surface area contributed by atoms with Gasteiger partial charge in [-0.25, -0.2) is 0 Å². The van der Waals surface area contributed by atoms with Crippen molar-refractivity contribution < 1.29 is 14.2 Å². The standard InChI is InChI=1S/C19H22N2O3S/c1-3-16(14-5-7-15(22-2)8-6-14)21-19(25)20-11-13-4-9-17-18(10-13)24-12-23-17/h4-10,16H,3,11-12H2,1-2H3,(H2,20,21,25)/t16-/m1/s1. The highest BCUT2D eigenvalue weighted by Crippen LogP contribution is 2.32. The molecule has 1 aliphatic heterocycles. The van der Waals surface area contributed by atoms with Crippen molar-refractivity contribution in [2.75, 3.05) is 13.9 Å².